The molecule has 1 fully saturated rings. The fourth-order valence-electron chi connectivity index (χ4n) is 2.61. The molecule has 0 saturated carbocycles. The molecule has 0 radical (unpaired) electrons. The second kappa shape index (κ2) is 5.45. The first-order valence-electron chi connectivity index (χ1n) is 6.82. The van der Waals surface area contributed by atoms with Crippen LogP contribution < -0.4 is 4.90 Å². The van der Waals surface area contributed by atoms with E-state index in [9.17, 15) is 4.79 Å². The Morgan fingerprint density at radius 3 is 2.65 bits per heavy atom. The molecule has 104 valence electrons. The smallest absolute Gasteiger partial charge is 0.308 e. The van der Waals surface area contributed by atoms with Crippen LogP contribution in [0.1, 0.15) is 12.8 Å². The van der Waals surface area contributed by atoms with Crippen LogP contribution in [0.3, 0.4) is 0 Å². The first-order chi connectivity index (χ1) is 9.78. The number of benzene rings is 1. The van der Waals surface area contributed by atoms with Gasteiger partial charge in [0.2, 0.25) is 0 Å². The Morgan fingerprint density at radius 2 is 1.95 bits per heavy atom. The monoisotopic (exact) mass is 271 g/mol. The Morgan fingerprint density at radius 1 is 1.25 bits per heavy atom. The number of hydrogen-bond acceptors (Lipinski definition) is 5. The van der Waals surface area contributed by atoms with E-state index in [0.717, 1.165) is 42.8 Å². The van der Waals surface area contributed by atoms with Gasteiger partial charge in [-0.15, -0.1) is 0 Å². The second-order valence-corrected chi connectivity index (χ2v) is 5.00. The lowest BCUT2D eigenvalue weighted by molar-refractivity contribution is -0.146. The Bertz CT molecular complexity index is 621. The van der Waals surface area contributed by atoms with Gasteiger partial charge in [0.1, 0.15) is 5.82 Å². The Labute approximate surface area is 117 Å². The highest BCUT2D eigenvalue weighted by Gasteiger charge is 2.26. The van der Waals surface area contributed by atoms with Crippen LogP contribution in [0, 0.1) is 5.92 Å². The number of para-hydroxylation sites is 2. The van der Waals surface area contributed by atoms with Crippen molar-refractivity contribution in [3.05, 3.63) is 30.5 Å². The number of rotatable bonds is 2. The van der Waals surface area contributed by atoms with Crippen LogP contribution in [0.2, 0.25) is 0 Å². The first-order valence-corrected chi connectivity index (χ1v) is 6.82. The fourth-order valence-corrected chi connectivity index (χ4v) is 2.61. The van der Waals surface area contributed by atoms with Gasteiger partial charge in [0.05, 0.1) is 30.3 Å². The highest BCUT2D eigenvalue weighted by atomic mass is 16.5. The highest BCUT2D eigenvalue weighted by Crippen LogP contribution is 2.23. The molecule has 2 heterocycles. The van der Waals surface area contributed by atoms with E-state index in [1.165, 1.54) is 7.11 Å². The summed E-state index contributed by atoms with van der Waals surface area (Å²) in [7, 11) is 1.45. The molecule has 1 aliphatic heterocycles. The van der Waals surface area contributed by atoms with Gasteiger partial charge in [-0.05, 0) is 25.0 Å². The maximum Gasteiger partial charge on any atom is 0.308 e. The molecule has 0 bridgehead atoms. The number of carbonyl (C=O) groups excluding carboxylic acids is 1. The van der Waals surface area contributed by atoms with Crippen molar-refractivity contribution < 1.29 is 9.53 Å². The van der Waals surface area contributed by atoms with Gasteiger partial charge in [-0.25, -0.2) is 4.98 Å². The third-order valence-corrected chi connectivity index (χ3v) is 3.79. The first kappa shape index (κ1) is 12.8. The zero-order valence-electron chi connectivity index (χ0n) is 11.5. The lowest BCUT2D eigenvalue weighted by atomic mass is 9.97. The lowest BCUT2D eigenvalue weighted by Gasteiger charge is -2.31. The third kappa shape index (κ3) is 2.43. The van der Waals surface area contributed by atoms with Crippen molar-refractivity contribution in [3.8, 4) is 0 Å². The molecular formula is C15H17N3O2. The third-order valence-electron chi connectivity index (χ3n) is 3.79. The van der Waals surface area contributed by atoms with Crippen LogP contribution >= 0.6 is 0 Å². The van der Waals surface area contributed by atoms with Crippen molar-refractivity contribution >= 4 is 22.8 Å². The minimum atomic E-state index is -0.103. The van der Waals surface area contributed by atoms with Crippen LogP contribution in [0.15, 0.2) is 30.5 Å². The molecule has 0 N–H and O–H groups in total. The molecule has 0 amide bonds. The Balaban J connectivity index is 1.75. The van der Waals surface area contributed by atoms with Gasteiger partial charge < -0.3 is 9.64 Å². The molecule has 1 aromatic heterocycles. The predicted molar refractivity (Wildman–Crippen MR) is 76.5 cm³/mol. The van der Waals surface area contributed by atoms with Crippen molar-refractivity contribution in [1.29, 1.82) is 0 Å². The lowest BCUT2D eigenvalue weighted by Crippen LogP contribution is -2.37. The topological polar surface area (TPSA) is 55.3 Å². The summed E-state index contributed by atoms with van der Waals surface area (Å²) in [6.45, 7) is 1.62. The van der Waals surface area contributed by atoms with Crippen LogP contribution in [-0.4, -0.2) is 36.1 Å². The average molecular weight is 271 g/mol. The highest BCUT2D eigenvalue weighted by molar-refractivity contribution is 5.75. The molecule has 0 aliphatic carbocycles. The van der Waals surface area contributed by atoms with Crippen LogP contribution in [0.4, 0.5) is 5.82 Å². The molecule has 5 heteroatoms. The number of anilines is 1. The van der Waals surface area contributed by atoms with Gasteiger partial charge in [0, 0.05) is 13.1 Å². The van der Waals surface area contributed by atoms with Crippen LogP contribution in [0.5, 0.6) is 0 Å². The summed E-state index contributed by atoms with van der Waals surface area (Å²) in [5.41, 5.74) is 1.81. The zero-order valence-corrected chi connectivity index (χ0v) is 11.5. The summed E-state index contributed by atoms with van der Waals surface area (Å²) in [6, 6.07) is 7.84. The molecular weight excluding hydrogens is 254 g/mol. The molecule has 3 rings (SSSR count). The minimum Gasteiger partial charge on any atom is -0.469 e. The maximum absolute atomic E-state index is 11.5. The number of carbonyl (C=O) groups is 1. The number of nitrogens with zero attached hydrogens (tertiary/aromatic N) is 3. The number of esters is 1. The van der Waals surface area contributed by atoms with Gasteiger partial charge in [0.25, 0.3) is 0 Å². The molecule has 1 saturated heterocycles. The van der Waals surface area contributed by atoms with E-state index in [4.69, 9.17) is 4.74 Å². The molecule has 1 aliphatic rings. The summed E-state index contributed by atoms with van der Waals surface area (Å²) < 4.78 is 4.80. The second-order valence-electron chi connectivity index (χ2n) is 5.00. The normalized spacial score (nSPS) is 16.4. The molecule has 5 nitrogen and oxygen atoms in total. The van der Waals surface area contributed by atoms with Crippen molar-refractivity contribution in [3.63, 3.8) is 0 Å². The van der Waals surface area contributed by atoms with E-state index in [1.54, 1.807) is 6.20 Å². The minimum absolute atomic E-state index is 0.0182. The Kier molecular flexibility index (Phi) is 3.50. The van der Waals surface area contributed by atoms with Gasteiger partial charge in [-0.2, -0.15) is 0 Å². The number of hydrogen-bond donors (Lipinski definition) is 0. The van der Waals surface area contributed by atoms with Crippen LogP contribution in [0.25, 0.3) is 11.0 Å². The molecule has 20 heavy (non-hydrogen) atoms. The SMILES string of the molecule is COC(=O)C1CCN(c2cnc3ccccc3n2)CC1. The summed E-state index contributed by atoms with van der Waals surface area (Å²) >= 11 is 0. The number of ether oxygens (including phenoxy) is 1. The summed E-state index contributed by atoms with van der Waals surface area (Å²) in [4.78, 5) is 22.8. The van der Waals surface area contributed by atoms with E-state index >= 15 is 0 Å². The van der Waals surface area contributed by atoms with Gasteiger partial charge >= 0.3 is 5.97 Å². The number of aromatic nitrogens is 2. The molecule has 0 unspecified atom stereocenters. The van der Waals surface area contributed by atoms with E-state index in [2.05, 4.69) is 14.9 Å². The number of piperidine rings is 1. The maximum atomic E-state index is 11.5. The van der Waals surface area contributed by atoms with E-state index in [-0.39, 0.29) is 11.9 Å². The van der Waals surface area contributed by atoms with Crippen molar-refractivity contribution in [2.24, 2.45) is 5.92 Å². The molecule has 1 aromatic carbocycles. The molecule has 0 spiro atoms. The van der Waals surface area contributed by atoms with Gasteiger partial charge in [-0.1, -0.05) is 12.1 Å². The Hall–Kier alpha value is -2.17. The summed E-state index contributed by atoms with van der Waals surface area (Å²) in [5, 5.41) is 0. The number of fused-ring (bicyclic) bond motifs is 1. The fraction of sp³-hybridized carbons (Fsp3) is 0.400. The zero-order chi connectivity index (χ0) is 13.9. The van der Waals surface area contributed by atoms with Crippen molar-refractivity contribution in [2.45, 2.75) is 12.8 Å². The number of methoxy groups -OCH3 is 1. The average Bonchev–Trinajstić information content (AvgIpc) is 2.54. The molecule has 0 atom stereocenters. The summed E-state index contributed by atoms with van der Waals surface area (Å²) in [6.07, 6.45) is 3.42. The summed E-state index contributed by atoms with van der Waals surface area (Å²) in [5.74, 6) is 0.797. The standard InChI is InChI=1S/C15H17N3O2/c1-20-15(19)11-6-8-18(9-7-11)14-10-16-12-4-2-3-5-13(12)17-14/h2-5,10-11H,6-9H2,1H3. The van der Waals surface area contributed by atoms with E-state index in [1.807, 2.05) is 24.3 Å². The van der Waals surface area contributed by atoms with E-state index < -0.39 is 0 Å². The quantitative estimate of drug-likeness (QED) is 0.782. The largest absolute Gasteiger partial charge is 0.469 e. The predicted octanol–water partition coefficient (Wildman–Crippen LogP) is 2.02. The van der Waals surface area contributed by atoms with Crippen LogP contribution in [-0.2, 0) is 9.53 Å². The van der Waals surface area contributed by atoms with Crippen molar-refractivity contribution in [1.82, 2.24) is 9.97 Å². The van der Waals surface area contributed by atoms with Crippen molar-refractivity contribution in [2.75, 3.05) is 25.1 Å². The van der Waals surface area contributed by atoms with Gasteiger partial charge in [-0.3, -0.25) is 9.78 Å². The van der Waals surface area contributed by atoms with E-state index in [0.29, 0.717) is 0 Å². The molecule has 2 aromatic rings. The van der Waals surface area contributed by atoms with Gasteiger partial charge in [0.15, 0.2) is 0 Å².